The highest BCUT2D eigenvalue weighted by Gasteiger charge is 2.21. The van der Waals surface area contributed by atoms with Crippen molar-refractivity contribution in [1.82, 2.24) is 0 Å². The minimum atomic E-state index is -1.61. The second-order valence-corrected chi connectivity index (χ2v) is 17.4. The highest BCUT2D eigenvalue weighted by Crippen LogP contribution is 2.16. The summed E-state index contributed by atoms with van der Waals surface area (Å²) in [6, 6.07) is 0. The summed E-state index contributed by atoms with van der Waals surface area (Å²) in [4.78, 5) is 36.9. The summed E-state index contributed by atoms with van der Waals surface area (Å²) in [5.74, 6) is -2.26. The SMILES string of the molecule is CCCCCCCCCCCCCCCCCCCCCCC(=O)OC(COC(=O)CCCCCCCCCCCCC)COC(OCC[N+](C)(C)C)C(=O)[O-]. The quantitative estimate of drug-likeness (QED) is 0.0259. The van der Waals surface area contributed by atoms with Crippen molar-refractivity contribution < 1.29 is 42.9 Å². The van der Waals surface area contributed by atoms with E-state index in [1.165, 1.54) is 161 Å². The molecule has 0 aromatic rings. The number of aliphatic carboxylic acids is 1. The van der Waals surface area contributed by atoms with E-state index in [4.69, 9.17) is 18.9 Å². The largest absolute Gasteiger partial charge is 0.545 e. The van der Waals surface area contributed by atoms with Crippen molar-refractivity contribution in [1.29, 1.82) is 0 Å². The third-order valence-electron chi connectivity index (χ3n) is 10.6. The Morgan fingerprint density at radius 1 is 0.464 bits per heavy atom. The van der Waals surface area contributed by atoms with Gasteiger partial charge < -0.3 is 33.3 Å². The number of hydrogen-bond acceptors (Lipinski definition) is 8. The van der Waals surface area contributed by atoms with E-state index in [2.05, 4.69) is 13.8 Å². The van der Waals surface area contributed by atoms with Crippen molar-refractivity contribution in [2.75, 3.05) is 47.5 Å². The molecule has 9 heteroatoms. The minimum Gasteiger partial charge on any atom is -0.545 e. The number of esters is 2. The van der Waals surface area contributed by atoms with Gasteiger partial charge in [0.25, 0.3) is 0 Å². The molecule has 0 saturated carbocycles. The van der Waals surface area contributed by atoms with Crippen molar-refractivity contribution in [3.63, 3.8) is 0 Å². The molecule has 0 spiro atoms. The van der Waals surface area contributed by atoms with Crippen molar-refractivity contribution in [3.05, 3.63) is 0 Å². The zero-order valence-corrected chi connectivity index (χ0v) is 37.5. The first-order chi connectivity index (χ1) is 27.1. The van der Waals surface area contributed by atoms with Crippen LogP contribution in [-0.4, -0.2) is 82.3 Å². The van der Waals surface area contributed by atoms with Gasteiger partial charge in [-0.25, -0.2) is 0 Å². The maximum Gasteiger partial charge on any atom is 0.306 e. The van der Waals surface area contributed by atoms with Crippen LogP contribution in [0.1, 0.15) is 226 Å². The van der Waals surface area contributed by atoms with Gasteiger partial charge in [0, 0.05) is 12.8 Å². The molecular weight excluding hydrogens is 707 g/mol. The number of rotatable bonds is 44. The van der Waals surface area contributed by atoms with Crippen LogP contribution >= 0.6 is 0 Å². The molecule has 0 heterocycles. The van der Waals surface area contributed by atoms with Gasteiger partial charge in [0.05, 0.1) is 40.3 Å². The fourth-order valence-electron chi connectivity index (χ4n) is 6.89. The minimum absolute atomic E-state index is 0.153. The lowest BCUT2D eigenvalue weighted by Crippen LogP contribution is -2.44. The second kappa shape index (κ2) is 40.1. The molecule has 56 heavy (non-hydrogen) atoms. The number of hydrogen-bond donors (Lipinski definition) is 0. The average Bonchev–Trinajstić information content (AvgIpc) is 3.15. The summed E-state index contributed by atoms with van der Waals surface area (Å²) in [7, 11) is 5.92. The number of carbonyl (C=O) groups excluding carboxylic acids is 3. The van der Waals surface area contributed by atoms with Gasteiger partial charge in [0.1, 0.15) is 13.2 Å². The van der Waals surface area contributed by atoms with Crippen LogP contribution in [-0.2, 0) is 33.3 Å². The van der Waals surface area contributed by atoms with Gasteiger partial charge in [-0.05, 0) is 12.8 Å². The molecule has 0 radical (unpaired) electrons. The Bertz CT molecular complexity index is 892. The maximum atomic E-state index is 12.8. The molecule has 0 N–H and O–H groups in total. The van der Waals surface area contributed by atoms with Gasteiger partial charge in [-0.1, -0.05) is 200 Å². The molecule has 332 valence electrons. The molecule has 2 unspecified atom stereocenters. The number of nitrogens with zero attached hydrogens (tertiary/aromatic N) is 1. The molecule has 0 rings (SSSR count). The third kappa shape index (κ3) is 40.5. The highest BCUT2D eigenvalue weighted by molar-refractivity contribution is 5.70. The lowest BCUT2D eigenvalue weighted by Gasteiger charge is -2.26. The number of unbranched alkanes of at least 4 members (excludes halogenated alkanes) is 29. The van der Waals surface area contributed by atoms with E-state index in [1.807, 2.05) is 21.1 Å². The maximum absolute atomic E-state index is 12.8. The Kier molecular flexibility index (Phi) is 38.9. The van der Waals surface area contributed by atoms with E-state index in [-0.39, 0.29) is 32.2 Å². The standard InChI is InChI=1S/C47H91NO8/c1-6-8-10-12-14-16-18-19-20-21-22-23-24-25-26-28-30-32-34-36-38-45(50)56-43(42-55-47(46(51)52)53-40-39-48(3,4)5)41-54-44(49)37-35-33-31-29-27-17-15-13-11-9-7-2/h43,47H,6-42H2,1-5H3. The van der Waals surface area contributed by atoms with E-state index in [1.54, 1.807) is 0 Å². The molecule has 0 aliphatic carbocycles. The van der Waals surface area contributed by atoms with Crippen LogP contribution in [0, 0.1) is 0 Å². The van der Waals surface area contributed by atoms with Crippen LogP contribution in [0.3, 0.4) is 0 Å². The molecule has 0 aliphatic heterocycles. The van der Waals surface area contributed by atoms with Crippen molar-refractivity contribution in [3.8, 4) is 0 Å². The number of likely N-dealkylation sites (N-methyl/N-ethyl adjacent to an activating group) is 1. The van der Waals surface area contributed by atoms with Crippen LogP contribution in [0.4, 0.5) is 0 Å². The predicted octanol–water partition coefficient (Wildman–Crippen LogP) is 11.2. The number of carbonyl (C=O) groups is 3. The van der Waals surface area contributed by atoms with Crippen molar-refractivity contribution in [2.24, 2.45) is 0 Å². The average molecular weight is 798 g/mol. The molecule has 0 aromatic carbocycles. The summed E-state index contributed by atoms with van der Waals surface area (Å²) in [6.07, 6.45) is 37.1. The molecule has 9 nitrogen and oxygen atoms in total. The lowest BCUT2D eigenvalue weighted by molar-refractivity contribution is -0.870. The zero-order valence-electron chi connectivity index (χ0n) is 37.5. The number of ether oxygens (including phenoxy) is 4. The summed E-state index contributed by atoms with van der Waals surface area (Å²) in [6.45, 7) is 4.77. The lowest BCUT2D eigenvalue weighted by atomic mass is 10.0. The summed E-state index contributed by atoms with van der Waals surface area (Å²) in [5.41, 5.74) is 0. The van der Waals surface area contributed by atoms with Gasteiger partial charge in [0.2, 0.25) is 0 Å². The van der Waals surface area contributed by atoms with Crippen LogP contribution in [0.5, 0.6) is 0 Å². The Morgan fingerprint density at radius 2 is 0.804 bits per heavy atom. The van der Waals surface area contributed by atoms with Gasteiger partial charge in [-0.3, -0.25) is 9.59 Å². The van der Waals surface area contributed by atoms with E-state index in [9.17, 15) is 19.5 Å². The molecule has 2 atom stereocenters. The monoisotopic (exact) mass is 798 g/mol. The van der Waals surface area contributed by atoms with Crippen molar-refractivity contribution in [2.45, 2.75) is 238 Å². The van der Waals surface area contributed by atoms with E-state index in [0.717, 1.165) is 38.5 Å². The fourth-order valence-corrected chi connectivity index (χ4v) is 6.89. The van der Waals surface area contributed by atoms with Crippen LogP contribution in [0.15, 0.2) is 0 Å². The molecule has 0 fully saturated rings. The van der Waals surface area contributed by atoms with E-state index in [0.29, 0.717) is 17.4 Å². The first-order valence-corrected chi connectivity index (χ1v) is 23.7. The van der Waals surface area contributed by atoms with Gasteiger partial charge in [0.15, 0.2) is 12.4 Å². The van der Waals surface area contributed by atoms with Crippen LogP contribution in [0.2, 0.25) is 0 Å². The molecule has 0 amide bonds. The van der Waals surface area contributed by atoms with Crippen molar-refractivity contribution >= 4 is 17.9 Å². The Balaban J connectivity index is 4.30. The molecule has 0 bridgehead atoms. The summed E-state index contributed by atoms with van der Waals surface area (Å²) in [5, 5.41) is 11.7. The first-order valence-electron chi connectivity index (χ1n) is 23.7. The van der Waals surface area contributed by atoms with Gasteiger partial charge >= 0.3 is 11.9 Å². The molecule has 0 aliphatic rings. The zero-order chi connectivity index (χ0) is 41.4. The van der Waals surface area contributed by atoms with E-state index >= 15 is 0 Å². The predicted molar refractivity (Wildman–Crippen MR) is 228 cm³/mol. The van der Waals surface area contributed by atoms with Crippen LogP contribution in [0.25, 0.3) is 0 Å². The highest BCUT2D eigenvalue weighted by atomic mass is 16.7. The van der Waals surface area contributed by atoms with Gasteiger partial charge in [-0.2, -0.15) is 0 Å². The number of carboxylic acids is 1. The Hall–Kier alpha value is -1.71. The molecular formula is C47H91NO8. The number of carboxylic acid groups (broad SMARTS) is 1. The van der Waals surface area contributed by atoms with E-state index < -0.39 is 24.3 Å². The van der Waals surface area contributed by atoms with Crippen LogP contribution < -0.4 is 5.11 Å². The second-order valence-electron chi connectivity index (χ2n) is 17.4. The Morgan fingerprint density at radius 3 is 1.14 bits per heavy atom. The normalized spacial score (nSPS) is 12.8. The smallest absolute Gasteiger partial charge is 0.306 e. The molecule has 0 saturated heterocycles. The van der Waals surface area contributed by atoms with Gasteiger partial charge in [-0.15, -0.1) is 0 Å². The number of quaternary nitrogens is 1. The Labute approximate surface area is 345 Å². The fraction of sp³-hybridized carbons (Fsp3) is 0.936. The first kappa shape index (κ1) is 54.3. The summed E-state index contributed by atoms with van der Waals surface area (Å²) < 4.78 is 22.6. The third-order valence-corrected chi connectivity index (χ3v) is 10.6. The summed E-state index contributed by atoms with van der Waals surface area (Å²) >= 11 is 0. The topological polar surface area (TPSA) is 111 Å². The molecule has 0 aromatic heterocycles.